The van der Waals surface area contributed by atoms with Crippen molar-refractivity contribution in [1.82, 2.24) is 0 Å². The van der Waals surface area contributed by atoms with Gasteiger partial charge < -0.3 is 0 Å². The maximum Gasteiger partial charge on any atom is 0.0237 e. The van der Waals surface area contributed by atoms with E-state index in [0.29, 0.717) is 5.92 Å². The second kappa shape index (κ2) is 5.21. The molecule has 2 rings (SSSR count). The Morgan fingerprint density at radius 2 is 1.84 bits per heavy atom. The largest absolute Gasteiger partial charge is 0.0987 e. The summed E-state index contributed by atoms with van der Waals surface area (Å²) in [5, 5.41) is 0. The van der Waals surface area contributed by atoms with E-state index in [0.717, 1.165) is 0 Å². The molecule has 0 heteroatoms. The Balaban J connectivity index is 2.80. The predicted octanol–water partition coefficient (Wildman–Crippen LogP) is 5.52. The Kier molecular flexibility index (Phi) is 3.80. The SMILES string of the molecule is C=CC1=C(C=C)C(CCC)(C(C)C)c2ccccc21. The topological polar surface area (TPSA) is 0 Å². The fraction of sp³-hybridized carbons (Fsp3) is 0.368. The molecule has 0 saturated carbocycles. The van der Waals surface area contributed by atoms with Crippen LogP contribution >= 0.6 is 0 Å². The second-order valence-corrected chi connectivity index (χ2v) is 5.66. The van der Waals surface area contributed by atoms with Crippen molar-refractivity contribution in [1.29, 1.82) is 0 Å². The number of hydrogen-bond acceptors (Lipinski definition) is 0. The summed E-state index contributed by atoms with van der Waals surface area (Å²) >= 11 is 0. The van der Waals surface area contributed by atoms with Gasteiger partial charge in [0.15, 0.2) is 0 Å². The fourth-order valence-electron chi connectivity index (χ4n) is 3.72. The average molecular weight is 252 g/mol. The van der Waals surface area contributed by atoms with Crippen LogP contribution in [0, 0.1) is 5.92 Å². The summed E-state index contributed by atoms with van der Waals surface area (Å²) in [6.45, 7) is 15.0. The molecule has 1 aliphatic rings. The maximum absolute atomic E-state index is 4.08. The van der Waals surface area contributed by atoms with Crippen molar-refractivity contribution in [2.75, 3.05) is 0 Å². The molecule has 0 saturated heterocycles. The first-order valence-corrected chi connectivity index (χ1v) is 7.23. The van der Waals surface area contributed by atoms with Crippen molar-refractivity contribution in [2.24, 2.45) is 5.92 Å². The molecule has 0 bridgehead atoms. The van der Waals surface area contributed by atoms with Gasteiger partial charge in [0.1, 0.15) is 0 Å². The summed E-state index contributed by atoms with van der Waals surface area (Å²) in [7, 11) is 0. The minimum absolute atomic E-state index is 0.108. The summed E-state index contributed by atoms with van der Waals surface area (Å²) in [4.78, 5) is 0. The number of fused-ring (bicyclic) bond motifs is 1. The molecule has 0 radical (unpaired) electrons. The van der Waals surface area contributed by atoms with E-state index in [-0.39, 0.29) is 5.41 Å². The van der Waals surface area contributed by atoms with E-state index in [1.165, 1.54) is 35.1 Å². The van der Waals surface area contributed by atoms with Gasteiger partial charge in [0, 0.05) is 5.41 Å². The zero-order valence-electron chi connectivity index (χ0n) is 12.4. The normalized spacial score (nSPS) is 21.7. The Morgan fingerprint density at radius 3 is 2.37 bits per heavy atom. The molecule has 0 amide bonds. The first kappa shape index (κ1) is 13.9. The van der Waals surface area contributed by atoms with Crippen LogP contribution in [0.15, 0.2) is 55.1 Å². The summed E-state index contributed by atoms with van der Waals surface area (Å²) < 4.78 is 0. The van der Waals surface area contributed by atoms with Gasteiger partial charge in [0.05, 0.1) is 0 Å². The highest BCUT2D eigenvalue weighted by molar-refractivity contribution is 5.87. The van der Waals surface area contributed by atoms with Crippen molar-refractivity contribution < 1.29 is 0 Å². The Hall–Kier alpha value is -1.56. The fourth-order valence-corrected chi connectivity index (χ4v) is 3.72. The van der Waals surface area contributed by atoms with Crippen molar-refractivity contribution in [2.45, 2.75) is 39.0 Å². The van der Waals surface area contributed by atoms with Crippen LogP contribution in [0.4, 0.5) is 0 Å². The molecule has 0 fully saturated rings. The van der Waals surface area contributed by atoms with Crippen LogP contribution < -0.4 is 0 Å². The van der Waals surface area contributed by atoms with Crippen LogP contribution in [-0.2, 0) is 5.41 Å². The molecule has 0 aliphatic heterocycles. The molecule has 1 aromatic rings. The summed E-state index contributed by atoms with van der Waals surface area (Å²) in [5.74, 6) is 0.555. The lowest BCUT2D eigenvalue weighted by Crippen LogP contribution is -2.32. The smallest absolute Gasteiger partial charge is 0.0237 e. The summed E-state index contributed by atoms with van der Waals surface area (Å²) in [6.07, 6.45) is 6.39. The van der Waals surface area contributed by atoms with E-state index in [4.69, 9.17) is 0 Å². The Bertz CT molecular complexity index is 531. The molecular weight excluding hydrogens is 228 g/mol. The standard InChI is InChI=1S/C19H24/c1-6-13-19(14(4)5)17(8-3)15(7-2)16-11-9-10-12-18(16)19/h7-12,14H,2-3,6,13H2,1,4-5H3. The van der Waals surface area contributed by atoms with Gasteiger partial charge in [-0.25, -0.2) is 0 Å². The van der Waals surface area contributed by atoms with Crippen molar-refractivity contribution in [3.63, 3.8) is 0 Å². The van der Waals surface area contributed by atoms with E-state index >= 15 is 0 Å². The average Bonchev–Trinajstić information content (AvgIpc) is 2.70. The van der Waals surface area contributed by atoms with Crippen molar-refractivity contribution in [3.05, 3.63) is 66.3 Å². The maximum atomic E-state index is 4.08. The summed E-state index contributed by atoms with van der Waals surface area (Å²) in [5.41, 5.74) is 5.54. The molecule has 0 aromatic heterocycles. The zero-order valence-corrected chi connectivity index (χ0v) is 12.4. The number of benzene rings is 1. The molecule has 1 unspecified atom stereocenters. The zero-order chi connectivity index (χ0) is 14.0. The van der Waals surface area contributed by atoms with E-state index in [2.05, 4.69) is 58.2 Å². The third kappa shape index (κ3) is 1.82. The van der Waals surface area contributed by atoms with Crippen LogP contribution in [0.1, 0.15) is 44.7 Å². The molecule has 0 nitrogen and oxygen atoms in total. The van der Waals surface area contributed by atoms with Crippen LogP contribution in [0.2, 0.25) is 0 Å². The third-order valence-corrected chi connectivity index (χ3v) is 4.51. The lowest BCUT2D eigenvalue weighted by atomic mass is 9.66. The first-order chi connectivity index (χ1) is 9.13. The number of allylic oxidation sites excluding steroid dienone is 4. The molecule has 0 heterocycles. The van der Waals surface area contributed by atoms with Crippen LogP contribution in [0.5, 0.6) is 0 Å². The van der Waals surface area contributed by atoms with Crippen LogP contribution in [0.25, 0.3) is 5.57 Å². The molecule has 0 spiro atoms. The molecule has 1 aromatic carbocycles. The minimum Gasteiger partial charge on any atom is -0.0987 e. The Labute approximate surface area is 117 Å². The summed E-state index contributed by atoms with van der Waals surface area (Å²) in [6, 6.07) is 8.77. The molecule has 19 heavy (non-hydrogen) atoms. The van der Waals surface area contributed by atoms with Gasteiger partial charge in [-0.3, -0.25) is 0 Å². The highest BCUT2D eigenvalue weighted by Gasteiger charge is 2.44. The quantitative estimate of drug-likeness (QED) is 0.647. The molecule has 100 valence electrons. The Morgan fingerprint density at radius 1 is 1.16 bits per heavy atom. The van der Waals surface area contributed by atoms with Gasteiger partial charge in [0.25, 0.3) is 0 Å². The number of hydrogen-bond donors (Lipinski definition) is 0. The van der Waals surface area contributed by atoms with Crippen LogP contribution in [-0.4, -0.2) is 0 Å². The molecule has 1 aliphatic carbocycles. The second-order valence-electron chi connectivity index (χ2n) is 5.66. The third-order valence-electron chi connectivity index (χ3n) is 4.51. The van der Waals surface area contributed by atoms with Crippen molar-refractivity contribution in [3.8, 4) is 0 Å². The monoisotopic (exact) mass is 252 g/mol. The number of rotatable bonds is 5. The van der Waals surface area contributed by atoms with Gasteiger partial charge in [-0.05, 0) is 34.6 Å². The van der Waals surface area contributed by atoms with Crippen molar-refractivity contribution >= 4 is 5.57 Å². The predicted molar refractivity (Wildman–Crippen MR) is 85.2 cm³/mol. The van der Waals surface area contributed by atoms with E-state index in [9.17, 15) is 0 Å². The molecular formula is C19H24. The van der Waals surface area contributed by atoms with E-state index in [1.807, 2.05) is 12.2 Å². The van der Waals surface area contributed by atoms with Gasteiger partial charge in [0.2, 0.25) is 0 Å². The highest BCUT2D eigenvalue weighted by atomic mass is 14.5. The highest BCUT2D eigenvalue weighted by Crippen LogP contribution is 2.53. The van der Waals surface area contributed by atoms with Gasteiger partial charge in [-0.15, -0.1) is 0 Å². The van der Waals surface area contributed by atoms with Gasteiger partial charge in [-0.2, -0.15) is 0 Å². The molecule has 0 N–H and O–H groups in total. The van der Waals surface area contributed by atoms with Gasteiger partial charge in [-0.1, -0.05) is 76.8 Å². The van der Waals surface area contributed by atoms with Crippen LogP contribution in [0.3, 0.4) is 0 Å². The van der Waals surface area contributed by atoms with E-state index < -0.39 is 0 Å². The van der Waals surface area contributed by atoms with E-state index in [1.54, 1.807) is 0 Å². The lowest BCUT2D eigenvalue weighted by Gasteiger charge is -2.37. The minimum atomic E-state index is 0.108. The first-order valence-electron chi connectivity index (χ1n) is 7.23. The molecule has 1 atom stereocenters. The van der Waals surface area contributed by atoms with Gasteiger partial charge >= 0.3 is 0 Å². The lowest BCUT2D eigenvalue weighted by molar-refractivity contribution is 0.347.